The van der Waals surface area contributed by atoms with E-state index in [-0.39, 0.29) is 11.8 Å². The summed E-state index contributed by atoms with van der Waals surface area (Å²) in [7, 11) is 0. The van der Waals surface area contributed by atoms with Gasteiger partial charge in [0, 0.05) is 5.56 Å². The minimum Gasteiger partial charge on any atom is -0.477 e. The third-order valence-electron chi connectivity index (χ3n) is 2.90. The second-order valence-electron chi connectivity index (χ2n) is 4.47. The highest BCUT2D eigenvalue weighted by Crippen LogP contribution is 2.40. The van der Waals surface area contributed by atoms with Crippen LogP contribution in [0.1, 0.15) is 21.6 Å². The molecule has 0 aliphatic heterocycles. The van der Waals surface area contributed by atoms with Crippen LogP contribution >= 0.6 is 0 Å². The van der Waals surface area contributed by atoms with Crippen LogP contribution < -0.4 is 0 Å². The van der Waals surface area contributed by atoms with E-state index in [0.717, 1.165) is 18.2 Å². The Labute approximate surface area is 125 Å². The first-order chi connectivity index (χ1) is 10.5. The van der Waals surface area contributed by atoms with Gasteiger partial charge in [-0.3, -0.25) is 0 Å². The number of hydrogen-bond donors (Lipinski definition) is 1. The maximum atomic E-state index is 13.0. The fourth-order valence-corrected chi connectivity index (χ4v) is 1.88. The number of hydrogen-bond acceptors (Lipinski definition) is 2. The van der Waals surface area contributed by atoms with E-state index in [2.05, 4.69) is 4.98 Å². The molecule has 0 spiro atoms. The van der Waals surface area contributed by atoms with Crippen molar-refractivity contribution in [2.24, 2.45) is 0 Å². The molecule has 0 aliphatic carbocycles. The van der Waals surface area contributed by atoms with E-state index in [4.69, 9.17) is 5.11 Å². The van der Waals surface area contributed by atoms with Crippen LogP contribution in [0.15, 0.2) is 36.4 Å². The van der Waals surface area contributed by atoms with Gasteiger partial charge in [0.25, 0.3) is 0 Å². The maximum absolute atomic E-state index is 13.0. The molecular formula is C14H7F6NO2. The molecule has 0 amide bonds. The van der Waals surface area contributed by atoms with Gasteiger partial charge in [0.05, 0.1) is 16.8 Å². The van der Waals surface area contributed by atoms with E-state index in [0.29, 0.717) is 12.1 Å². The topological polar surface area (TPSA) is 50.2 Å². The molecule has 0 aliphatic rings. The average molecular weight is 335 g/mol. The minimum atomic E-state index is -5.06. The van der Waals surface area contributed by atoms with E-state index in [9.17, 15) is 31.1 Å². The van der Waals surface area contributed by atoms with Crippen molar-refractivity contribution in [1.82, 2.24) is 4.98 Å². The predicted octanol–water partition coefficient (Wildman–Crippen LogP) is 4.48. The summed E-state index contributed by atoms with van der Waals surface area (Å²) >= 11 is 0. The predicted molar refractivity (Wildman–Crippen MR) is 66.6 cm³/mol. The van der Waals surface area contributed by atoms with Crippen LogP contribution in [0.4, 0.5) is 26.3 Å². The van der Waals surface area contributed by atoms with Crippen molar-refractivity contribution in [3.05, 3.63) is 53.2 Å². The van der Waals surface area contributed by atoms with Gasteiger partial charge in [-0.25, -0.2) is 9.78 Å². The summed E-state index contributed by atoms with van der Waals surface area (Å²) in [6, 6.07) is 4.39. The Balaban J connectivity index is 2.67. The molecule has 0 saturated carbocycles. The molecule has 0 atom stereocenters. The highest BCUT2D eigenvalue weighted by atomic mass is 19.4. The van der Waals surface area contributed by atoms with Crippen molar-refractivity contribution >= 4 is 5.97 Å². The first kappa shape index (κ1) is 16.8. The zero-order valence-corrected chi connectivity index (χ0v) is 11.0. The smallest absolute Gasteiger partial charge is 0.417 e. The number of alkyl halides is 6. The second-order valence-corrected chi connectivity index (χ2v) is 4.47. The number of pyridine rings is 1. The Morgan fingerprint density at radius 3 is 2.13 bits per heavy atom. The third-order valence-corrected chi connectivity index (χ3v) is 2.90. The van der Waals surface area contributed by atoms with Crippen molar-refractivity contribution < 1.29 is 36.2 Å². The molecule has 0 fully saturated rings. The summed E-state index contributed by atoms with van der Waals surface area (Å²) in [6.45, 7) is 0. The average Bonchev–Trinajstić information content (AvgIpc) is 2.45. The molecule has 0 radical (unpaired) electrons. The van der Waals surface area contributed by atoms with Gasteiger partial charge in [0.1, 0.15) is 5.69 Å². The summed E-state index contributed by atoms with van der Waals surface area (Å²) in [5.74, 6) is -1.47. The monoisotopic (exact) mass is 335 g/mol. The first-order valence-corrected chi connectivity index (χ1v) is 5.99. The number of carbonyl (C=O) groups is 1. The molecule has 0 saturated heterocycles. The molecule has 3 nitrogen and oxygen atoms in total. The van der Waals surface area contributed by atoms with Gasteiger partial charge >= 0.3 is 18.3 Å². The summed E-state index contributed by atoms with van der Waals surface area (Å²) < 4.78 is 76.9. The molecule has 2 aromatic rings. The summed E-state index contributed by atoms with van der Waals surface area (Å²) in [5.41, 5.74) is -4.53. The number of carboxylic acids is 1. The second kappa shape index (κ2) is 5.56. The zero-order valence-electron chi connectivity index (χ0n) is 11.0. The number of carboxylic acid groups (broad SMARTS) is 1. The SMILES string of the molecule is O=C(O)c1cccc(-c2ccc(C(F)(F)F)cc2C(F)(F)F)n1. The lowest BCUT2D eigenvalue weighted by Gasteiger charge is -2.15. The summed E-state index contributed by atoms with van der Waals surface area (Å²) in [5, 5.41) is 8.80. The van der Waals surface area contributed by atoms with Crippen molar-refractivity contribution in [2.45, 2.75) is 12.4 Å². The van der Waals surface area contributed by atoms with Crippen molar-refractivity contribution in [3.8, 4) is 11.3 Å². The van der Waals surface area contributed by atoms with E-state index >= 15 is 0 Å². The standard InChI is InChI=1S/C14H7F6NO2/c15-13(16,17)7-4-5-8(9(6-7)14(18,19)20)10-2-1-3-11(21-10)12(22)23/h1-6H,(H,22,23). The van der Waals surface area contributed by atoms with E-state index < -0.39 is 40.7 Å². The molecule has 2 rings (SSSR count). The van der Waals surface area contributed by atoms with Crippen molar-refractivity contribution in [2.75, 3.05) is 0 Å². The highest BCUT2D eigenvalue weighted by Gasteiger charge is 2.38. The lowest BCUT2D eigenvalue weighted by atomic mass is 10.00. The van der Waals surface area contributed by atoms with Crippen molar-refractivity contribution in [1.29, 1.82) is 0 Å². The molecule has 23 heavy (non-hydrogen) atoms. The van der Waals surface area contributed by atoms with Crippen LogP contribution in [0.5, 0.6) is 0 Å². The molecule has 1 aromatic carbocycles. The number of halogens is 6. The van der Waals surface area contributed by atoms with Crippen LogP contribution in [0.25, 0.3) is 11.3 Å². The molecule has 1 aromatic heterocycles. The van der Waals surface area contributed by atoms with E-state index in [1.807, 2.05) is 0 Å². The van der Waals surface area contributed by atoms with E-state index in [1.165, 1.54) is 0 Å². The van der Waals surface area contributed by atoms with Crippen LogP contribution in [-0.2, 0) is 12.4 Å². The number of rotatable bonds is 2. The van der Waals surface area contributed by atoms with Gasteiger partial charge in [-0.1, -0.05) is 12.1 Å². The fraction of sp³-hybridized carbons (Fsp3) is 0.143. The lowest BCUT2D eigenvalue weighted by Crippen LogP contribution is -2.12. The van der Waals surface area contributed by atoms with Crippen LogP contribution in [0, 0.1) is 0 Å². The summed E-state index contributed by atoms with van der Waals surface area (Å²) in [6.07, 6.45) is -9.99. The van der Waals surface area contributed by atoms with Gasteiger partial charge in [0.15, 0.2) is 0 Å². The third kappa shape index (κ3) is 3.61. The number of aromatic carboxylic acids is 1. The molecule has 9 heteroatoms. The van der Waals surface area contributed by atoms with Crippen LogP contribution in [0.3, 0.4) is 0 Å². The van der Waals surface area contributed by atoms with Gasteiger partial charge in [-0.15, -0.1) is 0 Å². The van der Waals surface area contributed by atoms with Gasteiger partial charge < -0.3 is 5.11 Å². The normalized spacial score (nSPS) is 12.3. The Bertz CT molecular complexity index is 752. The number of nitrogens with zero attached hydrogens (tertiary/aromatic N) is 1. The van der Waals surface area contributed by atoms with Gasteiger partial charge in [-0.2, -0.15) is 26.3 Å². The Hall–Kier alpha value is -2.58. The molecule has 0 unspecified atom stereocenters. The van der Waals surface area contributed by atoms with Crippen LogP contribution in [-0.4, -0.2) is 16.1 Å². The van der Waals surface area contributed by atoms with Gasteiger partial charge in [0.2, 0.25) is 0 Å². The Morgan fingerprint density at radius 1 is 0.957 bits per heavy atom. The zero-order chi connectivity index (χ0) is 17.4. The summed E-state index contributed by atoms with van der Waals surface area (Å²) in [4.78, 5) is 14.3. The molecule has 1 heterocycles. The molecule has 0 bridgehead atoms. The quantitative estimate of drug-likeness (QED) is 0.823. The van der Waals surface area contributed by atoms with E-state index in [1.54, 1.807) is 0 Å². The number of benzene rings is 1. The maximum Gasteiger partial charge on any atom is 0.417 e. The fourth-order valence-electron chi connectivity index (χ4n) is 1.88. The lowest BCUT2D eigenvalue weighted by molar-refractivity contribution is -0.142. The molecule has 122 valence electrons. The number of aromatic nitrogens is 1. The minimum absolute atomic E-state index is 0.0234. The molecule has 1 N–H and O–H groups in total. The van der Waals surface area contributed by atoms with Crippen molar-refractivity contribution in [3.63, 3.8) is 0 Å². The molecular weight excluding hydrogens is 328 g/mol. The van der Waals surface area contributed by atoms with Gasteiger partial charge in [-0.05, 0) is 24.3 Å². The van der Waals surface area contributed by atoms with Crippen LogP contribution in [0.2, 0.25) is 0 Å². The first-order valence-electron chi connectivity index (χ1n) is 5.99. The largest absolute Gasteiger partial charge is 0.477 e. The Kier molecular flexibility index (Phi) is 4.06. The highest BCUT2D eigenvalue weighted by molar-refractivity contribution is 5.86. The Morgan fingerprint density at radius 2 is 1.61 bits per heavy atom.